The molecule has 0 saturated heterocycles. The van der Waals surface area contributed by atoms with Crippen LogP contribution >= 0.6 is 11.3 Å². The normalized spacial score (nSPS) is 12.2. The molecule has 0 fully saturated rings. The topological polar surface area (TPSA) is 30.5 Å². The Morgan fingerprint density at radius 2 is 1.76 bits per heavy atom. The summed E-state index contributed by atoms with van der Waals surface area (Å²) < 4.78 is 10.6. The molecule has 0 bridgehead atoms. The Hall–Kier alpha value is -1.52. The Labute approximate surface area is 130 Å². The van der Waals surface area contributed by atoms with Gasteiger partial charge in [0.1, 0.15) is 0 Å². The van der Waals surface area contributed by atoms with Crippen LogP contribution in [0.25, 0.3) is 0 Å². The molecular weight excluding hydrogens is 282 g/mol. The van der Waals surface area contributed by atoms with Crippen molar-refractivity contribution in [3.63, 3.8) is 0 Å². The Kier molecular flexibility index (Phi) is 5.65. The summed E-state index contributed by atoms with van der Waals surface area (Å²) in [7, 11) is 3.32. The maximum atomic E-state index is 5.36. The first-order valence-electron chi connectivity index (χ1n) is 7.20. The van der Waals surface area contributed by atoms with Crippen molar-refractivity contribution in [3.8, 4) is 11.5 Å². The van der Waals surface area contributed by atoms with Gasteiger partial charge in [-0.2, -0.15) is 0 Å². The summed E-state index contributed by atoms with van der Waals surface area (Å²) >= 11 is 1.88. The van der Waals surface area contributed by atoms with Gasteiger partial charge in [0.25, 0.3) is 0 Å². The van der Waals surface area contributed by atoms with Crippen molar-refractivity contribution in [2.24, 2.45) is 0 Å². The SMILES string of the molecule is CCc1ccc(CNC(C)c2ccc(OC)c(OC)c2)s1. The molecule has 1 N–H and O–H groups in total. The van der Waals surface area contributed by atoms with Crippen LogP contribution in [0.2, 0.25) is 0 Å². The van der Waals surface area contributed by atoms with Crippen molar-refractivity contribution in [1.82, 2.24) is 5.32 Å². The number of hydrogen-bond donors (Lipinski definition) is 1. The molecule has 2 rings (SSSR count). The van der Waals surface area contributed by atoms with Crippen LogP contribution in [0.1, 0.15) is 35.2 Å². The summed E-state index contributed by atoms with van der Waals surface area (Å²) in [6.45, 7) is 5.24. The number of ether oxygens (including phenoxy) is 2. The lowest BCUT2D eigenvalue weighted by molar-refractivity contribution is 0.354. The lowest BCUT2D eigenvalue weighted by Gasteiger charge is -2.16. The van der Waals surface area contributed by atoms with Crippen LogP contribution in [-0.2, 0) is 13.0 Å². The molecule has 0 aliphatic heterocycles. The maximum absolute atomic E-state index is 5.36. The van der Waals surface area contributed by atoms with Crippen LogP contribution in [0.15, 0.2) is 30.3 Å². The van der Waals surface area contributed by atoms with E-state index in [1.807, 2.05) is 23.5 Å². The second-order valence-corrected chi connectivity index (χ2v) is 6.19. The Morgan fingerprint density at radius 1 is 1.05 bits per heavy atom. The predicted octanol–water partition coefficient (Wildman–Crippen LogP) is 4.18. The van der Waals surface area contributed by atoms with E-state index in [2.05, 4.69) is 37.4 Å². The summed E-state index contributed by atoms with van der Waals surface area (Å²) in [6.07, 6.45) is 1.11. The van der Waals surface area contributed by atoms with Crippen molar-refractivity contribution in [2.75, 3.05) is 14.2 Å². The van der Waals surface area contributed by atoms with Gasteiger partial charge in [-0.1, -0.05) is 13.0 Å². The maximum Gasteiger partial charge on any atom is 0.161 e. The van der Waals surface area contributed by atoms with Gasteiger partial charge in [0.15, 0.2) is 11.5 Å². The van der Waals surface area contributed by atoms with Gasteiger partial charge in [0, 0.05) is 22.3 Å². The van der Waals surface area contributed by atoms with Gasteiger partial charge in [-0.25, -0.2) is 0 Å². The first kappa shape index (κ1) is 15.9. The predicted molar refractivity (Wildman–Crippen MR) is 88.5 cm³/mol. The van der Waals surface area contributed by atoms with E-state index in [1.165, 1.54) is 15.3 Å². The van der Waals surface area contributed by atoms with Gasteiger partial charge >= 0.3 is 0 Å². The second-order valence-electron chi connectivity index (χ2n) is 4.94. The van der Waals surface area contributed by atoms with E-state index in [0.717, 1.165) is 24.5 Å². The minimum Gasteiger partial charge on any atom is -0.493 e. The second kappa shape index (κ2) is 7.48. The number of benzene rings is 1. The molecule has 0 radical (unpaired) electrons. The third-order valence-corrected chi connectivity index (χ3v) is 4.79. The van der Waals surface area contributed by atoms with Crippen LogP contribution in [0, 0.1) is 0 Å². The highest BCUT2D eigenvalue weighted by molar-refractivity contribution is 7.11. The van der Waals surface area contributed by atoms with E-state index in [9.17, 15) is 0 Å². The number of thiophene rings is 1. The summed E-state index contributed by atoms with van der Waals surface area (Å²) in [5.74, 6) is 1.53. The van der Waals surface area contributed by atoms with Crippen LogP contribution in [0.3, 0.4) is 0 Å². The Bertz CT molecular complexity index is 580. The number of aryl methyl sites for hydroxylation is 1. The van der Waals surface area contributed by atoms with Crippen molar-refractivity contribution < 1.29 is 9.47 Å². The zero-order valence-electron chi connectivity index (χ0n) is 13.1. The van der Waals surface area contributed by atoms with Gasteiger partial charge in [-0.05, 0) is 43.2 Å². The highest BCUT2D eigenvalue weighted by atomic mass is 32.1. The average molecular weight is 305 g/mol. The van der Waals surface area contributed by atoms with Crippen molar-refractivity contribution in [1.29, 1.82) is 0 Å². The van der Waals surface area contributed by atoms with Gasteiger partial charge in [0.05, 0.1) is 14.2 Å². The standard InChI is InChI=1S/C17H23NO2S/c1-5-14-7-8-15(21-14)11-18-12(2)13-6-9-16(19-3)17(10-13)20-4/h6-10,12,18H,5,11H2,1-4H3. The van der Waals surface area contributed by atoms with Gasteiger partial charge in [-0.3, -0.25) is 0 Å². The molecule has 1 aromatic heterocycles. The molecule has 3 nitrogen and oxygen atoms in total. The monoisotopic (exact) mass is 305 g/mol. The van der Waals surface area contributed by atoms with Crippen molar-refractivity contribution in [2.45, 2.75) is 32.9 Å². The van der Waals surface area contributed by atoms with Gasteiger partial charge in [0.2, 0.25) is 0 Å². The molecule has 1 unspecified atom stereocenters. The molecule has 0 spiro atoms. The fourth-order valence-corrected chi connectivity index (χ4v) is 3.11. The van der Waals surface area contributed by atoms with Crippen LogP contribution in [0.4, 0.5) is 0 Å². The minimum absolute atomic E-state index is 0.261. The molecule has 0 saturated carbocycles. The molecule has 114 valence electrons. The third kappa shape index (κ3) is 3.99. The quantitative estimate of drug-likeness (QED) is 0.832. The van der Waals surface area contributed by atoms with E-state index < -0.39 is 0 Å². The fourth-order valence-electron chi connectivity index (χ4n) is 2.20. The molecule has 0 aliphatic carbocycles. The lowest BCUT2D eigenvalue weighted by Crippen LogP contribution is -2.17. The molecule has 1 atom stereocenters. The van der Waals surface area contributed by atoms with Gasteiger partial charge in [-0.15, -0.1) is 11.3 Å². The fraction of sp³-hybridized carbons (Fsp3) is 0.412. The number of rotatable bonds is 7. The zero-order valence-corrected chi connectivity index (χ0v) is 13.9. The summed E-state index contributed by atoms with van der Waals surface area (Å²) in [6, 6.07) is 10.7. The van der Waals surface area contributed by atoms with E-state index in [0.29, 0.717) is 0 Å². The highest BCUT2D eigenvalue weighted by Crippen LogP contribution is 2.30. The molecule has 1 aromatic carbocycles. The molecule has 2 aromatic rings. The summed E-state index contributed by atoms with van der Waals surface area (Å²) in [5, 5.41) is 3.56. The highest BCUT2D eigenvalue weighted by Gasteiger charge is 2.10. The van der Waals surface area contributed by atoms with E-state index in [4.69, 9.17) is 9.47 Å². The van der Waals surface area contributed by atoms with Crippen LogP contribution < -0.4 is 14.8 Å². The number of nitrogens with one attached hydrogen (secondary N) is 1. The summed E-state index contributed by atoms with van der Waals surface area (Å²) in [4.78, 5) is 2.81. The summed E-state index contributed by atoms with van der Waals surface area (Å²) in [5.41, 5.74) is 1.19. The van der Waals surface area contributed by atoms with E-state index >= 15 is 0 Å². The molecule has 4 heteroatoms. The molecule has 0 amide bonds. The molecular formula is C17H23NO2S. The van der Waals surface area contributed by atoms with E-state index in [-0.39, 0.29) is 6.04 Å². The Morgan fingerprint density at radius 3 is 2.38 bits per heavy atom. The van der Waals surface area contributed by atoms with Crippen molar-refractivity contribution in [3.05, 3.63) is 45.6 Å². The first-order valence-corrected chi connectivity index (χ1v) is 8.02. The molecule has 21 heavy (non-hydrogen) atoms. The minimum atomic E-state index is 0.261. The molecule has 0 aliphatic rings. The molecule has 1 heterocycles. The van der Waals surface area contributed by atoms with Gasteiger partial charge < -0.3 is 14.8 Å². The largest absolute Gasteiger partial charge is 0.493 e. The third-order valence-electron chi connectivity index (χ3n) is 3.56. The Balaban J connectivity index is 2.01. The van der Waals surface area contributed by atoms with Crippen molar-refractivity contribution >= 4 is 11.3 Å². The smallest absolute Gasteiger partial charge is 0.161 e. The number of methoxy groups -OCH3 is 2. The lowest BCUT2D eigenvalue weighted by atomic mass is 10.1. The average Bonchev–Trinajstić information content (AvgIpc) is 2.99. The van der Waals surface area contributed by atoms with Crippen LogP contribution in [0.5, 0.6) is 11.5 Å². The first-order chi connectivity index (χ1) is 10.2. The van der Waals surface area contributed by atoms with Crippen LogP contribution in [-0.4, -0.2) is 14.2 Å². The number of hydrogen-bond acceptors (Lipinski definition) is 4. The zero-order chi connectivity index (χ0) is 15.2. The van der Waals surface area contributed by atoms with E-state index in [1.54, 1.807) is 14.2 Å².